The van der Waals surface area contributed by atoms with Crippen molar-refractivity contribution in [3.63, 3.8) is 0 Å². The minimum Gasteiger partial charge on any atom is -0.481 e. The number of aliphatic carboxylic acids is 4. The Balaban J connectivity index is -0.000000444. The number of hydrogen-bond acceptors (Lipinski definition) is 6. The molecule has 0 aromatic rings. The lowest BCUT2D eigenvalue weighted by Gasteiger charge is -2.24. The van der Waals surface area contributed by atoms with Crippen molar-refractivity contribution < 1.29 is 49.8 Å². The van der Waals surface area contributed by atoms with E-state index in [0.29, 0.717) is 32.1 Å². The summed E-state index contributed by atoms with van der Waals surface area (Å²) < 4.78 is 0. The van der Waals surface area contributed by atoms with E-state index in [1.807, 2.05) is 6.92 Å². The van der Waals surface area contributed by atoms with Crippen LogP contribution in [0, 0.1) is 0 Å². The molecule has 2 atom stereocenters. The van der Waals surface area contributed by atoms with E-state index in [1.165, 1.54) is 250 Å². The van der Waals surface area contributed by atoms with Crippen molar-refractivity contribution in [3.05, 3.63) is 0 Å². The third-order valence-corrected chi connectivity index (χ3v) is 14.5. The minimum absolute atomic E-state index is 0.126. The van der Waals surface area contributed by atoms with Gasteiger partial charge in [-0.25, -0.2) is 4.79 Å². The molecule has 0 spiro atoms. The summed E-state index contributed by atoms with van der Waals surface area (Å²) >= 11 is 0. The molecule has 0 bridgehead atoms. The lowest BCUT2D eigenvalue weighted by atomic mass is 9.90. The van der Waals surface area contributed by atoms with E-state index in [2.05, 4.69) is 27.7 Å². The summed E-state index contributed by atoms with van der Waals surface area (Å²) in [7, 11) is 0. The van der Waals surface area contributed by atoms with Crippen molar-refractivity contribution in [2.45, 2.75) is 387 Å². The molecule has 0 amide bonds. The van der Waals surface area contributed by atoms with Gasteiger partial charge in [0.15, 0.2) is 6.10 Å². The van der Waals surface area contributed by atoms with Crippen LogP contribution in [0.25, 0.3) is 0 Å². The number of hydrogen-bond donors (Lipinski definition) is 6. The van der Waals surface area contributed by atoms with Crippen molar-refractivity contribution in [1.29, 1.82) is 0 Å². The molecule has 0 fully saturated rings. The summed E-state index contributed by atoms with van der Waals surface area (Å²) in [5, 5.41) is 53.4. The number of carbonyl (C=O) groups is 4. The molecule has 2 unspecified atom stereocenters. The van der Waals surface area contributed by atoms with Crippen LogP contribution in [0.3, 0.4) is 0 Å². The van der Waals surface area contributed by atoms with E-state index in [4.69, 9.17) is 25.5 Å². The first kappa shape index (κ1) is 78.3. The predicted octanol–water partition coefficient (Wildman–Crippen LogP) is 20.2. The van der Waals surface area contributed by atoms with Gasteiger partial charge in [0.05, 0.1) is 12.0 Å². The smallest absolute Gasteiger partial charge is 0.332 e. The molecule has 0 aromatic carbocycles. The quantitative estimate of drug-likeness (QED) is 0.0320. The fraction of sp³-hybridized carbons (Fsp3) is 0.938. The van der Waals surface area contributed by atoms with Crippen LogP contribution in [-0.4, -0.2) is 66.2 Å². The first-order valence-electron chi connectivity index (χ1n) is 32.0. The number of aliphatic hydroxyl groups is 2. The van der Waals surface area contributed by atoms with Gasteiger partial charge in [-0.3, -0.25) is 14.4 Å². The number of unbranched alkanes of at least 4 members (excludes halogenated alkanes) is 43. The highest BCUT2D eigenvalue weighted by atomic mass is 16.4. The van der Waals surface area contributed by atoms with Crippen molar-refractivity contribution >= 4 is 23.9 Å². The molecule has 10 heteroatoms. The molecular weight excluding hydrogens is 929 g/mol. The van der Waals surface area contributed by atoms with Crippen LogP contribution in [0.2, 0.25) is 0 Å². The van der Waals surface area contributed by atoms with Crippen molar-refractivity contribution in [1.82, 2.24) is 0 Å². The molecule has 0 aliphatic rings. The molecule has 0 heterocycles. The van der Waals surface area contributed by atoms with Gasteiger partial charge < -0.3 is 30.6 Å². The zero-order chi connectivity index (χ0) is 55.9. The number of rotatable bonds is 55. The second-order valence-corrected chi connectivity index (χ2v) is 22.0. The van der Waals surface area contributed by atoms with Crippen molar-refractivity contribution in [3.8, 4) is 0 Å². The Hall–Kier alpha value is -2.20. The van der Waals surface area contributed by atoms with Gasteiger partial charge in [0.2, 0.25) is 0 Å². The fourth-order valence-corrected chi connectivity index (χ4v) is 9.33. The molecule has 0 radical (unpaired) electrons. The molecule has 0 saturated heterocycles. The standard InChI is InChI=1S/C18H36O3.C18H36O2.C14H28O3.C14H28O2/c1-2-3-4-5-6-7-8-9-10-11-12-13-14-15-16-17(19)18(20)21;1-2-3-4-5-6-7-8-9-10-11-12-13-14-15-16-17-18(19)20;1-3-5-6-7-8-9-10-11-14(17,4-2)12-13(15)16;1-2-3-4-5-6-7-8-9-10-11-12-13-14(15)16/h17,19H,2-16H2,1H3,(H,20,21);2-17H2,1H3,(H,19,20);17H,3-12H2,1-2H3,(H,15,16);2-13H2,1H3,(H,15,16). The highest BCUT2D eigenvalue weighted by Gasteiger charge is 2.27. The van der Waals surface area contributed by atoms with E-state index < -0.39 is 35.6 Å². The van der Waals surface area contributed by atoms with Crippen LogP contribution in [0.5, 0.6) is 0 Å². The summed E-state index contributed by atoms with van der Waals surface area (Å²) in [4.78, 5) is 41.6. The second kappa shape index (κ2) is 66.9. The highest BCUT2D eigenvalue weighted by molar-refractivity contribution is 5.71. The van der Waals surface area contributed by atoms with E-state index >= 15 is 0 Å². The number of carboxylic acid groups (broad SMARTS) is 4. The van der Waals surface area contributed by atoms with Gasteiger partial charge in [-0.05, 0) is 32.1 Å². The predicted molar refractivity (Wildman–Crippen MR) is 315 cm³/mol. The maximum absolute atomic E-state index is 10.6. The maximum atomic E-state index is 10.6. The third-order valence-electron chi connectivity index (χ3n) is 14.5. The lowest BCUT2D eigenvalue weighted by Crippen LogP contribution is -2.30. The summed E-state index contributed by atoms with van der Waals surface area (Å²) in [6.45, 7) is 10.8. The van der Waals surface area contributed by atoms with Crippen molar-refractivity contribution in [2.24, 2.45) is 0 Å². The van der Waals surface area contributed by atoms with Gasteiger partial charge in [-0.2, -0.15) is 0 Å². The van der Waals surface area contributed by atoms with E-state index in [0.717, 1.165) is 51.4 Å². The van der Waals surface area contributed by atoms with Gasteiger partial charge in [0, 0.05) is 12.8 Å². The molecule has 10 nitrogen and oxygen atoms in total. The summed E-state index contributed by atoms with van der Waals surface area (Å²) in [6, 6.07) is 0. The Morgan fingerprint density at radius 3 is 0.730 bits per heavy atom. The van der Waals surface area contributed by atoms with Gasteiger partial charge >= 0.3 is 23.9 Å². The third kappa shape index (κ3) is 76.3. The Morgan fingerprint density at radius 1 is 0.311 bits per heavy atom. The minimum atomic E-state index is -1.16. The summed E-state index contributed by atoms with van der Waals surface area (Å²) in [5.74, 6) is -3.31. The van der Waals surface area contributed by atoms with Crippen LogP contribution in [-0.2, 0) is 19.2 Å². The Kier molecular flexibility index (Phi) is 70.8. The van der Waals surface area contributed by atoms with E-state index in [-0.39, 0.29) is 6.42 Å². The molecule has 6 N–H and O–H groups in total. The number of carboxylic acids is 4. The van der Waals surface area contributed by atoms with Crippen LogP contribution in [0.1, 0.15) is 375 Å². The van der Waals surface area contributed by atoms with Gasteiger partial charge in [-0.15, -0.1) is 0 Å². The molecule has 0 rings (SSSR count). The Morgan fingerprint density at radius 2 is 0.527 bits per heavy atom. The maximum Gasteiger partial charge on any atom is 0.332 e. The van der Waals surface area contributed by atoms with Gasteiger partial charge in [0.1, 0.15) is 0 Å². The Labute approximate surface area is 458 Å². The summed E-state index contributed by atoms with van der Waals surface area (Å²) in [5.41, 5.74) is -0.991. The normalized spacial score (nSPS) is 12.1. The first-order chi connectivity index (χ1) is 35.8. The van der Waals surface area contributed by atoms with Crippen LogP contribution in [0.4, 0.5) is 0 Å². The topological polar surface area (TPSA) is 190 Å². The second-order valence-electron chi connectivity index (χ2n) is 22.0. The fourth-order valence-electron chi connectivity index (χ4n) is 9.33. The zero-order valence-corrected chi connectivity index (χ0v) is 49.9. The average molecular weight is 1060 g/mol. The molecule has 0 saturated carbocycles. The SMILES string of the molecule is CCCCCCCCCC(O)(CC)CC(=O)O.CCCCCCCCCCCCCC(=O)O.CCCCCCCCCCCCCCCCC(O)C(=O)O.CCCCCCCCCCCCCCCCCC(=O)O. The average Bonchev–Trinajstić information content (AvgIpc) is 3.36. The lowest BCUT2D eigenvalue weighted by molar-refractivity contribution is -0.147. The summed E-state index contributed by atoms with van der Waals surface area (Å²) in [6.07, 6.45) is 61.2. The number of aliphatic hydroxyl groups excluding tert-OH is 1. The molecule has 0 aromatic heterocycles. The molecule has 74 heavy (non-hydrogen) atoms. The monoisotopic (exact) mass is 1060 g/mol. The van der Waals surface area contributed by atoms with Crippen LogP contribution < -0.4 is 0 Å². The zero-order valence-electron chi connectivity index (χ0n) is 49.9. The first-order valence-corrected chi connectivity index (χ1v) is 32.0. The van der Waals surface area contributed by atoms with Gasteiger partial charge in [0.25, 0.3) is 0 Å². The van der Waals surface area contributed by atoms with Gasteiger partial charge in [-0.1, -0.05) is 324 Å². The Bertz CT molecular complexity index is 1130. The molecule has 444 valence electrons. The molecule has 0 aliphatic heterocycles. The highest BCUT2D eigenvalue weighted by Crippen LogP contribution is 2.24. The molecular formula is C64H128O10. The van der Waals surface area contributed by atoms with Crippen molar-refractivity contribution in [2.75, 3.05) is 0 Å². The van der Waals surface area contributed by atoms with E-state index in [1.54, 1.807) is 0 Å². The van der Waals surface area contributed by atoms with Crippen LogP contribution >= 0.6 is 0 Å². The molecule has 0 aliphatic carbocycles. The van der Waals surface area contributed by atoms with E-state index in [9.17, 15) is 24.3 Å². The van der Waals surface area contributed by atoms with Crippen LogP contribution in [0.15, 0.2) is 0 Å². The largest absolute Gasteiger partial charge is 0.481 e.